The summed E-state index contributed by atoms with van der Waals surface area (Å²) in [7, 11) is 0. The summed E-state index contributed by atoms with van der Waals surface area (Å²) in [6.45, 7) is 12.7. The zero-order valence-electron chi connectivity index (χ0n) is 14.2. The first-order valence-corrected chi connectivity index (χ1v) is 8.71. The van der Waals surface area contributed by atoms with Gasteiger partial charge < -0.3 is 5.32 Å². The Kier molecular flexibility index (Phi) is 6.25. The number of likely N-dealkylation sites (tertiary alicyclic amines) is 1. The lowest BCUT2D eigenvalue weighted by atomic mass is 9.86. The molecule has 1 aliphatic heterocycles. The predicted molar refractivity (Wildman–Crippen MR) is 91.6 cm³/mol. The highest BCUT2D eigenvalue weighted by molar-refractivity contribution is 5.22. The maximum Gasteiger partial charge on any atom is 0.0236 e. The average Bonchev–Trinajstić information content (AvgIpc) is 2.52. The van der Waals surface area contributed by atoms with Crippen molar-refractivity contribution in [3.8, 4) is 0 Å². The van der Waals surface area contributed by atoms with Crippen molar-refractivity contribution in [2.24, 2.45) is 5.92 Å². The fourth-order valence-electron chi connectivity index (χ4n) is 3.40. The van der Waals surface area contributed by atoms with Crippen molar-refractivity contribution in [2.45, 2.75) is 65.6 Å². The lowest BCUT2D eigenvalue weighted by molar-refractivity contribution is 0.0785. The molecule has 1 heterocycles. The van der Waals surface area contributed by atoms with Gasteiger partial charge in [-0.1, -0.05) is 45.0 Å². The maximum absolute atomic E-state index is 3.72. The molecular weight excluding hydrogens is 256 g/mol. The summed E-state index contributed by atoms with van der Waals surface area (Å²) < 4.78 is 0. The fourth-order valence-corrected chi connectivity index (χ4v) is 3.40. The van der Waals surface area contributed by atoms with Crippen LogP contribution >= 0.6 is 0 Å². The lowest BCUT2D eigenvalue weighted by Gasteiger charge is -2.43. The molecule has 118 valence electrons. The first-order valence-electron chi connectivity index (χ1n) is 8.71. The number of piperidine rings is 1. The van der Waals surface area contributed by atoms with Crippen LogP contribution in [0.3, 0.4) is 0 Å². The summed E-state index contributed by atoms with van der Waals surface area (Å²) in [6, 6.07) is 10.5. The first-order chi connectivity index (χ1) is 10.2. The van der Waals surface area contributed by atoms with Crippen molar-refractivity contribution in [2.75, 3.05) is 13.1 Å². The van der Waals surface area contributed by atoms with E-state index in [9.17, 15) is 0 Å². The van der Waals surface area contributed by atoms with Gasteiger partial charge in [0.2, 0.25) is 0 Å². The van der Waals surface area contributed by atoms with Crippen LogP contribution in [0.4, 0.5) is 0 Å². The van der Waals surface area contributed by atoms with Crippen molar-refractivity contribution in [3.05, 3.63) is 35.4 Å². The van der Waals surface area contributed by atoms with E-state index >= 15 is 0 Å². The third kappa shape index (κ3) is 4.31. The highest BCUT2D eigenvalue weighted by atomic mass is 15.2. The Hall–Kier alpha value is -0.860. The van der Waals surface area contributed by atoms with Crippen LogP contribution in [0.15, 0.2) is 24.3 Å². The predicted octanol–water partition coefficient (Wildman–Crippen LogP) is 3.85. The van der Waals surface area contributed by atoms with Crippen molar-refractivity contribution in [1.29, 1.82) is 0 Å². The van der Waals surface area contributed by atoms with E-state index in [4.69, 9.17) is 0 Å². The van der Waals surface area contributed by atoms with Gasteiger partial charge in [0.25, 0.3) is 0 Å². The van der Waals surface area contributed by atoms with E-state index in [0.29, 0.717) is 12.1 Å². The molecular formula is C19H32N2. The molecule has 0 spiro atoms. The zero-order chi connectivity index (χ0) is 15.2. The van der Waals surface area contributed by atoms with Gasteiger partial charge in [0.15, 0.2) is 0 Å². The van der Waals surface area contributed by atoms with Crippen molar-refractivity contribution < 1.29 is 0 Å². The highest BCUT2D eigenvalue weighted by Crippen LogP contribution is 2.25. The van der Waals surface area contributed by atoms with Gasteiger partial charge in [0.1, 0.15) is 0 Å². The summed E-state index contributed by atoms with van der Waals surface area (Å²) in [6.07, 6.45) is 3.63. The third-order valence-electron chi connectivity index (χ3n) is 5.17. The van der Waals surface area contributed by atoms with E-state index in [1.54, 1.807) is 0 Å². The van der Waals surface area contributed by atoms with Gasteiger partial charge in [0.05, 0.1) is 0 Å². The van der Waals surface area contributed by atoms with Crippen LogP contribution in [0.25, 0.3) is 0 Å². The Morgan fingerprint density at radius 2 is 1.76 bits per heavy atom. The second-order valence-corrected chi connectivity index (χ2v) is 6.59. The lowest BCUT2D eigenvalue weighted by Crippen LogP contribution is -2.53. The quantitative estimate of drug-likeness (QED) is 0.855. The van der Waals surface area contributed by atoms with E-state index < -0.39 is 0 Å². The molecule has 0 amide bonds. The van der Waals surface area contributed by atoms with Crippen molar-refractivity contribution in [3.63, 3.8) is 0 Å². The van der Waals surface area contributed by atoms with Crippen LogP contribution in [-0.2, 0) is 13.0 Å². The largest absolute Gasteiger partial charge is 0.314 e. The number of hydrogen-bond acceptors (Lipinski definition) is 2. The monoisotopic (exact) mass is 288 g/mol. The van der Waals surface area contributed by atoms with Crippen LogP contribution in [0, 0.1) is 5.92 Å². The summed E-state index contributed by atoms with van der Waals surface area (Å²) in [5.41, 5.74) is 2.88. The molecule has 3 unspecified atom stereocenters. The second-order valence-electron chi connectivity index (χ2n) is 6.59. The van der Waals surface area contributed by atoms with Crippen LogP contribution in [0.5, 0.6) is 0 Å². The molecule has 1 aromatic carbocycles. The topological polar surface area (TPSA) is 15.3 Å². The molecule has 1 aliphatic rings. The molecule has 0 saturated carbocycles. The SMILES string of the molecule is CCCNC1CCN(Cc2ccc(CC)cc2)C(C)C1C. The standard InChI is InChI=1S/C19H32N2/c1-5-12-20-19-11-13-21(16(4)15(19)3)14-18-9-7-17(6-2)8-10-18/h7-10,15-16,19-20H,5-6,11-14H2,1-4H3. The number of hydrogen-bond donors (Lipinski definition) is 1. The van der Waals surface area contributed by atoms with E-state index in [2.05, 4.69) is 62.2 Å². The van der Waals surface area contributed by atoms with Gasteiger partial charge in [-0.25, -0.2) is 0 Å². The van der Waals surface area contributed by atoms with E-state index in [0.717, 1.165) is 25.4 Å². The zero-order valence-corrected chi connectivity index (χ0v) is 14.2. The minimum absolute atomic E-state index is 0.652. The molecule has 1 saturated heterocycles. The molecule has 0 aromatic heterocycles. The average molecular weight is 288 g/mol. The molecule has 0 aliphatic carbocycles. The highest BCUT2D eigenvalue weighted by Gasteiger charge is 2.31. The molecule has 1 fully saturated rings. The Morgan fingerprint density at radius 1 is 1.10 bits per heavy atom. The van der Waals surface area contributed by atoms with E-state index in [1.165, 1.54) is 30.5 Å². The van der Waals surface area contributed by atoms with Crippen molar-refractivity contribution in [1.82, 2.24) is 10.2 Å². The molecule has 2 nitrogen and oxygen atoms in total. The number of rotatable bonds is 6. The fraction of sp³-hybridized carbons (Fsp3) is 0.684. The first kappa shape index (κ1) is 16.5. The van der Waals surface area contributed by atoms with Gasteiger partial charge >= 0.3 is 0 Å². The Balaban J connectivity index is 1.92. The number of nitrogens with one attached hydrogen (secondary N) is 1. The van der Waals surface area contributed by atoms with Crippen LogP contribution in [-0.4, -0.2) is 30.1 Å². The summed E-state index contributed by atoms with van der Waals surface area (Å²) in [4.78, 5) is 2.65. The molecule has 21 heavy (non-hydrogen) atoms. The van der Waals surface area contributed by atoms with Gasteiger partial charge in [-0.15, -0.1) is 0 Å². The van der Waals surface area contributed by atoms with Crippen LogP contribution in [0.2, 0.25) is 0 Å². The molecule has 0 bridgehead atoms. The normalized spacial score (nSPS) is 27.0. The Morgan fingerprint density at radius 3 is 2.38 bits per heavy atom. The van der Waals surface area contributed by atoms with Gasteiger partial charge in [-0.2, -0.15) is 0 Å². The van der Waals surface area contributed by atoms with Crippen molar-refractivity contribution >= 4 is 0 Å². The second kappa shape index (κ2) is 7.95. The van der Waals surface area contributed by atoms with Gasteiger partial charge in [-0.3, -0.25) is 4.90 Å². The van der Waals surface area contributed by atoms with E-state index in [-0.39, 0.29) is 0 Å². The van der Waals surface area contributed by atoms with Gasteiger partial charge in [-0.05, 0) is 49.8 Å². The number of nitrogens with zero attached hydrogens (tertiary/aromatic N) is 1. The van der Waals surface area contributed by atoms with Gasteiger partial charge in [0, 0.05) is 25.2 Å². The summed E-state index contributed by atoms with van der Waals surface area (Å²) >= 11 is 0. The summed E-state index contributed by atoms with van der Waals surface area (Å²) in [5, 5.41) is 3.72. The molecule has 2 rings (SSSR count). The summed E-state index contributed by atoms with van der Waals surface area (Å²) in [5.74, 6) is 0.722. The molecule has 1 aromatic rings. The third-order valence-corrected chi connectivity index (χ3v) is 5.17. The molecule has 2 heteroatoms. The Labute approximate surface area is 130 Å². The maximum atomic E-state index is 3.72. The van der Waals surface area contributed by atoms with Crippen LogP contribution in [0.1, 0.15) is 51.7 Å². The molecule has 3 atom stereocenters. The minimum Gasteiger partial charge on any atom is -0.314 e. The van der Waals surface area contributed by atoms with Crippen LogP contribution < -0.4 is 5.32 Å². The molecule has 1 N–H and O–H groups in total. The Bertz CT molecular complexity index is 412. The smallest absolute Gasteiger partial charge is 0.0236 e. The molecule has 0 radical (unpaired) electrons. The van der Waals surface area contributed by atoms with E-state index in [1.807, 2.05) is 0 Å². The number of benzene rings is 1. The number of aryl methyl sites for hydroxylation is 1. The minimum atomic E-state index is 0.652.